The number of terminal acetylenes is 1. The predicted molar refractivity (Wildman–Crippen MR) is 55.2 cm³/mol. The highest BCUT2D eigenvalue weighted by atomic mass is 16.4. The number of para-hydroxylation sites is 1. The van der Waals surface area contributed by atoms with Gasteiger partial charge in [-0.2, -0.15) is 0 Å². The van der Waals surface area contributed by atoms with Gasteiger partial charge in [0.05, 0.1) is 6.04 Å². The minimum Gasteiger partial charge on any atom is -0.465 e. The smallest absolute Gasteiger partial charge is 0.412 e. The van der Waals surface area contributed by atoms with E-state index in [4.69, 9.17) is 11.5 Å². The summed E-state index contributed by atoms with van der Waals surface area (Å²) < 4.78 is 0. The van der Waals surface area contributed by atoms with E-state index in [9.17, 15) is 4.79 Å². The molecule has 0 spiro atoms. The summed E-state index contributed by atoms with van der Waals surface area (Å²) in [5, 5.41) is 8.96. The molecule has 1 amide bonds. The molecule has 0 aromatic heterocycles. The average Bonchev–Trinajstić information content (AvgIpc) is 2.19. The van der Waals surface area contributed by atoms with Crippen LogP contribution in [-0.4, -0.2) is 17.2 Å². The summed E-state index contributed by atoms with van der Waals surface area (Å²) in [6.45, 7) is 1.67. The maximum Gasteiger partial charge on any atom is 0.412 e. The van der Waals surface area contributed by atoms with E-state index in [0.717, 1.165) is 4.90 Å². The van der Waals surface area contributed by atoms with E-state index < -0.39 is 12.1 Å². The molecule has 1 aromatic carbocycles. The van der Waals surface area contributed by atoms with Crippen LogP contribution >= 0.6 is 0 Å². The number of amides is 1. The van der Waals surface area contributed by atoms with Crippen LogP contribution in [0.25, 0.3) is 0 Å². The van der Waals surface area contributed by atoms with Gasteiger partial charge in [0.15, 0.2) is 0 Å². The van der Waals surface area contributed by atoms with Gasteiger partial charge in [-0.25, -0.2) is 4.79 Å². The Balaban J connectivity index is 3.02. The highest BCUT2D eigenvalue weighted by molar-refractivity contribution is 5.87. The summed E-state index contributed by atoms with van der Waals surface area (Å²) in [5.74, 6) is 2.39. The van der Waals surface area contributed by atoms with Crippen molar-refractivity contribution >= 4 is 11.8 Å². The van der Waals surface area contributed by atoms with Gasteiger partial charge in [-0.15, -0.1) is 6.42 Å². The van der Waals surface area contributed by atoms with Gasteiger partial charge in [0, 0.05) is 5.69 Å². The first-order chi connectivity index (χ1) is 6.66. The topological polar surface area (TPSA) is 40.5 Å². The molecule has 1 atom stereocenters. The van der Waals surface area contributed by atoms with E-state index in [1.165, 1.54) is 0 Å². The third-order valence-corrected chi connectivity index (χ3v) is 1.87. The molecule has 0 aliphatic carbocycles. The van der Waals surface area contributed by atoms with Crippen molar-refractivity contribution in [2.45, 2.75) is 13.0 Å². The first kappa shape index (κ1) is 10.1. The Labute approximate surface area is 83.0 Å². The van der Waals surface area contributed by atoms with Crippen molar-refractivity contribution in [1.29, 1.82) is 0 Å². The largest absolute Gasteiger partial charge is 0.465 e. The summed E-state index contributed by atoms with van der Waals surface area (Å²) in [4.78, 5) is 12.1. The lowest BCUT2D eigenvalue weighted by Crippen LogP contribution is -2.36. The first-order valence-electron chi connectivity index (χ1n) is 4.20. The molecule has 1 unspecified atom stereocenters. The number of hydrogen-bond acceptors (Lipinski definition) is 1. The Morgan fingerprint density at radius 3 is 2.50 bits per heavy atom. The van der Waals surface area contributed by atoms with Crippen LogP contribution in [0.1, 0.15) is 6.92 Å². The van der Waals surface area contributed by atoms with E-state index in [1.807, 2.05) is 6.07 Å². The van der Waals surface area contributed by atoms with Gasteiger partial charge in [0.25, 0.3) is 0 Å². The lowest BCUT2D eigenvalue weighted by atomic mass is 10.2. The van der Waals surface area contributed by atoms with Crippen LogP contribution in [-0.2, 0) is 0 Å². The lowest BCUT2D eigenvalue weighted by molar-refractivity contribution is 0.201. The molecule has 1 aromatic rings. The Morgan fingerprint density at radius 1 is 1.50 bits per heavy atom. The Kier molecular flexibility index (Phi) is 3.14. The second-order valence-electron chi connectivity index (χ2n) is 2.83. The van der Waals surface area contributed by atoms with E-state index in [1.54, 1.807) is 31.2 Å². The number of nitrogens with zero attached hydrogens (tertiary/aromatic N) is 1. The highest BCUT2D eigenvalue weighted by Crippen LogP contribution is 2.15. The van der Waals surface area contributed by atoms with E-state index in [2.05, 4.69) is 5.92 Å². The van der Waals surface area contributed by atoms with Crippen molar-refractivity contribution in [2.24, 2.45) is 0 Å². The van der Waals surface area contributed by atoms with Crippen molar-refractivity contribution in [3.8, 4) is 12.3 Å². The van der Waals surface area contributed by atoms with Crippen LogP contribution in [0.4, 0.5) is 10.5 Å². The van der Waals surface area contributed by atoms with Crippen LogP contribution in [0.3, 0.4) is 0 Å². The predicted octanol–water partition coefficient (Wildman–Crippen LogP) is 2.19. The zero-order valence-corrected chi connectivity index (χ0v) is 7.84. The molecule has 3 nitrogen and oxygen atoms in total. The molecule has 0 fully saturated rings. The minimum absolute atomic E-state index is 0.463. The van der Waals surface area contributed by atoms with Gasteiger partial charge < -0.3 is 5.11 Å². The average molecular weight is 189 g/mol. The third kappa shape index (κ3) is 2.05. The van der Waals surface area contributed by atoms with Gasteiger partial charge in [-0.05, 0) is 19.1 Å². The van der Waals surface area contributed by atoms with Crippen LogP contribution < -0.4 is 4.90 Å². The van der Waals surface area contributed by atoms with Gasteiger partial charge in [-0.3, -0.25) is 4.90 Å². The molecule has 1 N–H and O–H groups in total. The summed E-state index contributed by atoms with van der Waals surface area (Å²) in [6, 6.07) is 8.33. The second kappa shape index (κ2) is 4.33. The van der Waals surface area contributed by atoms with Gasteiger partial charge >= 0.3 is 6.09 Å². The van der Waals surface area contributed by atoms with Gasteiger partial charge in [0.1, 0.15) is 0 Å². The summed E-state index contributed by atoms with van der Waals surface area (Å²) in [5.41, 5.74) is 0.588. The molecule has 0 heterocycles. The summed E-state index contributed by atoms with van der Waals surface area (Å²) in [7, 11) is 0. The maximum atomic E-state index is 10.9. The van der Waals surface area contributed by atoms with Crippen molar-refractivity contribution in [3.63, 3.8) is 0 Å². The molecule has 0 aliphatic heterocycles. The van der Waals surface area contributed by atoms with E-state index >= 15 is 0 Å². The molecule has 14 heavy (non-hydrogen) atoms. The zero-order chi connectivity index (χ0) is 10.6. The SMILES string of the molecule is C#CC(C)N(C(=O)O)c1ccccc1. The molecule has 3 heteroatoms. The summed E-state index contributed by atoms with van der Waals surface area (Å²) >= 11 is 0. The number of rotatable bonds is 2. The Hall–Kier alpha value is -1.95. The van der Waals surface area contributed by atoms with Gasteiger partial charge in [-0.1, -0.05) is 24.1 Å². The fourth-order valence-corrected chi connectivity index (χ4v) is 1.16. The number of hydrogen-bond donors (Lipinski definition) is 1. The van der Waals surface area contributed by atoms with E-state index in [0.29, 0.717) is 5.69 Å². The molecule has 0 bridgehead atoms. The normalized spacial score (nSPS) is 11.4. The number of carboxylic acid groups (broad SMARTS) is 1. The zero-order valence-electron chi connectivity index (χ0n) is 7.84. The maximum absolute atomic E-state index is 10.9. The van der Waals surface area contributed by atoms with Crippen molar-refractivity contribution in [1.82, 2.24) is 0 Å². The quantitative estimate of drug-likeness (QED) is 0.724. The minimum atomic E-state index is -1.04. The second-order valence-corrected chi connectivity index (χ2v) is 2.83. The Morgan fingerprint density at radius 2 is 2.07 bits per heavy atom. The van der Waals surface area contributed by atoms with Gasteiger partial charge in [0.2, 0.25) is 0 Å². The first-order valence-corrected chi connectivity index (χ1v) is 4.20. The molecule has 1 rings (SSSR count). The van der Waals surface area contributed by atoms with Crippen molar-refractivity contribution < 1.29 is 9.90 Å². The molecule has 0 radical (unpaired) electrons. The molecule has 72 valence electrons. The molecule has 0 saturated carbocycles. The molecule has 0 saturated heterocycles. The molecular weight excluding hydrogens is 178 g/mol. The van der Waals surface area contributed by atoms with Crippen LogP contribution in [0.5, 0.6) is 0 Å². The number of benzene rings is 1. The Bertz CT molecular complexity index is 353. The third-order valence-electron chi connectivity index (χ3n) is 1.87. The number of carbonyl (C=O) groups is 1. The highest BCUT2D eigenvalue weighted by Gasteiger charge is 2.18. The monoisotopic (exact) mass is 189 g/mol. The van der Waals surface area contributed by atoms with E-state index in [-0.39, 0.29) is 0 Å². The van der Waals surface area contributed by atoms with Crippen molar-refractivity contribution in [3.05, 3.63) is 30.3 Å². The van der Waals surface area contributed by atoms with Crippen molar-refractivity contribution in [2.75, 3.05) is 4.90 Å². The molecular formula is C11H11NO2. The fourth-order valence-electron chi connectivity index (χ4n) is 1.16. The van der Waals surface area contributed by atoms with Crippen LogP contribution in [0.2, 0.25) is 0 Å². The summed E-state index contributed by atoms with van der Waals surface area (Å²) in [6.07, 6.45) is 4.15. The molecule has 0 aliphatic rings. The lowest BCUT2D eigenvalue weighted by Gasteiger charge is -2.22. The number of anilines is 1. The fraction of sp³-hybridized carbons (Fsp3) is 0.182. The van der Waals surface area contributed by atoms with Crippen LogP contribution in [0.15, 0.2) is 30.3 Å². The standard InChI is InChI=1S/C11H11NO2/c1-3-9(2)12(11(13)14)10-7-5-4-6-8-10/h1,4-9H,2H3,(H,13,14). The van der Waals surface area contributed by atoms with Crippen LogP contribution in [0, 0.1) is 12.3 Å².